The Hall–Kier alpha value is -2.16. The first kappa shape index (κ1) is 26.1. The van der Waals surface area contributed by atoms with Gasteiger partial charge in [-0.2, -0.15) is 0 Å². The first-order valence-corrected chi connectivity index (χ1v) is 11.0. The Labute approximate surface area is 192 Å². The van der Waals surface area contributed by atoms with Gasteiger partial charge in [-0.15, -0.1) is 0 Å². The molecular weight excluding hydrogens is 440 g/mol. The summed E-state index contributed by atoms with van der Waals surface area (Å²) in [7, 11) is 0. The molecule has 2 unspecified atom stereocenters. The SMILES string of the molecule is CC(=O)O[C@H]1CC(=O)OC2CC(CC/C(Cl)=C/C/C=C\1C)O[C@H]2[C@H](O)/C=C(\C)CC(=O)O. The zero-order valence-corrected chi connectivity index (χ0v) is 19.3. The topological polar surface area (TPSA) is 119 Å². The molecule has 2 aliphatic rings. The molecular formula is C23H31ClO8. The number of allylic oxidation sites excluding steroid dienone is 3. The summed E-state index contributed by atoms with van der Waals surface area (Å²) >= 11 is 6.32. The zero-order chi connectivity index (χ0) is 23.8. The summed E-state index contributed by atoms with van der Waals surface area (Å²) in [6.45, 7) is 4.64. The van der Waals surface area contributed by atoms with Crippen molar-refractivity contribution in [2.24, 2.45) is 0 Å². The van der Waals surface area contributed by atoms with E-state index in [4.69, 9.17) is 30.9 Å². The van der Waals surface area contributed by atoms with Gasteiger partial charge in [0, 0.05) is 18.4 Å². The fraction of sp³-hybridized carbons (Fsp3) is 0.609. The third-order valence-electron chi connectivity index (χ3n) is 5.37. The molecule has 0 aromatic rings. The third kappa shape index (κ3) is 8.41. The van der Waals surface area contributed by atoms with Gasteiger partial charge in [-0.3, -0.25) is 14.4 Å². The molecule has 5 atom stereocenters. The molecule has 32 heavy (non-hydrogen) atoms. The maximum atomic E-state index is 12.7. The predicted octanol–water partition coefficient (Wildman–Crippen LogP) is 3.41. The van der Waals surface area contributed by atoms with Crippen molar-refractivity contribution in [2.45, 2.75) is 89.8 Å². The smallest absolute Gasteiger partial charge is 0.310 e. The van der Waals surface area contributed by atoms with Gasteiger partial charge in [0.25, 0.3) is 0 Å². The maximum Gasteiger partial charge on any atom is 0.310 e. The molecule has 178 valence electrons. The zero-order valence-electron chi connectivity index (χ0n) is 18.6. The molecule has 2 bridgehead atoms. The third-order valence-corrected chi connectivity index (χ3v) is 5.71. The van der Waals surface area contributed by atoms with E-state index in [1.165, 1.54) is 13.0 Å². The fourth-order valence-electron chi connectivity index (χ4n) is 3.81. The number of hydrogen-bond donors (Lipinski definition) is 2. The average Bonchev–Trinajstić information content (AvgIpc) is 3.06. The van der Waals surface area contributed by atoms with E-state index in [1.807, 2.05) is 12.2 Å². The van der Waals surface area contributed by atoms with Crippen molar-refractivity contribution in [3.63, 3.8) is 0 Å². The number of ether oxygens (including phenoxy) is 3. The lowest BCUT2D eigenvalue weighted by Gasteiger charge is -2.24. The first-order chi connectivity index (χ1) is 15.0. The van der Waals surface area contributed by atoms with E-state index >= 15 is 0 Å². The van der Waals surface area contributed by atoms with Crippen LogP contribution in [-0.4, -0.2) is 58.6 Å². The minimum Gasteiger partial charge on any atom is -0.481 e. The van der Waals surface area contributed by atoms with Crippen molar-refractivity contribution in [1.29, 1.82) is 0 Å². The summed E-state index contributed by atoms with van der Waals surface area (Å²) in [6, 6.07) is 0. The van der Waals surface area contributed by atoms with Crippen LogP contribution < -0.4 is 0 Å². The van der Waals surface area contributed by atoms with Crippen LogP contribution in [0.15, 0.2) is 34.4 Å². The molecule has 2 N–H and O–H groups in total. The van der Waals surface area contributed by atoms with Gasteiger partial charge in [0.1, 0.15) is 24.4 Å². The largest absolute Gasteiger partial charge is 0.481 e. The van der Waals surface area contributed by atoms with Crippen LogP contribution in [0.5, 0.6) is 0 Å². The number of fused-ring (bicyclic) bond motifs is 2. The summed E-state index contributed by atoms with van der Waals surface area (Å²) in [6.07, 6.45) is 3.01. The molecule has 1 fully saturated rings. The molecule has 2 aliphatic heterocycles. The van der Waals surface area contributed by atoms with Gasteiger partial charge in [-0.1, -0.05) is 35.4 Å². The monoisotopic (exact) mass is 470 g/mol. The minimum atomic E-state index is -1.15. The molecule has 2 rings (SSSR count). The highest BCUT2D eigenvalue weighted by molar-refractivity contribution is 6.29. The van der Waals surface area contributed by atoms with E-state index in [2.05, 4.69) is 0 Å². The minimum absolute atomic E-state index is 0.169. The highest BCUT2D eigenvalue weighted by Crippen LogP contribution is 2.31. The van der Waals surface area contributed by atoms with Gasteiger partial charge < -0.3 is 24.4 Å². The summed E-state index contributed by atoms with van der Waals surface area (Å²) < 4.78 is 16.9. The van der Waals surface area contributed by atoms with E-state index in [9.17, 15) is 19.5 Å². The molecule has 1 saturated heterocycles. The summed E-state index contributed by atoms with van der Waals surface area (Å²) in [5.41, 5.74) is 1.17. The fourth-order valence-corrected chi connectivity index (χ4v) is 4.01. The van der Waals surface area contributed by atoms with Crippen LogP contribution in [0, 0.1) is 0 Å². The van der Waals surface area contributed by atoms with E-state index in [0.717, 1.165) is 0 Å². The normalized spacial score (nSPS) is 31.9. The lowest BCUT2D eigenvalue weighted by Crippen LogP contribution is -2.37. The molecule has 0 saturated carbocycles. The number of carboxylic acids is 1. The molecule has 0 spiro atoms. The van der Waals surface area contributed by atoms with Gasteiger partial charge in [0.15, 0.2) is 0 Å². The van der Waals surface area contributed by atoms with Gasteiger partial charge in [-0.05, 0) is 38.7 Å². The Kier molecular flexibility index (Phi) is 9.93. The van der Waals surface area contributed by atoms with Gasteiger partial charge in [0.05, 0.1) is 18.9 Å². The van der Waals surface area contributed by atoms with E-state index < -0.39 is 42.3 Å². The lowest BCUT2D eigenvalue weighted by atomic mass is 10.0. The van der Waals surface area contributed by atoms with Crippen LogP contribution in [0.3, 0.4) is 0 Å². The number of carboxylic acid groups (broad SMARTS) is 1. The van der Waals surface area contributed by atoms with Gasteiger partial charge in [-0.25, -0.2) is 0 Å². The molecule has 0 aliphatic carbocycles. The standard InChI is InChI=1S/C23H31ClO8/c1-13(10-21(27)28)9-18(26)23-20-11-17(31-23)8-7-16(24)6-4-5-14(2)19(30-15(3)25)12-22(29)32-20/h5-6,9,17-20,23,26H,4,7-8,10-12H2,1-3H3,(H,27,28)/b13-9+,14-5-,16-6-/t17?,18-,19+,20?,23+/m1/s1. The summed E-state index contributed by atoms with van der Waals surface area (Å²) in [5.74, 6) is -2.10. The number of carbonyl (C=O) groups excluding carboxylic acids is 2. The van der Waals surface area contributed by atoms with Gasteiger partial charge in [0.2, 0.25) is 0 Å². The highest BCUT2D eigenvalue weighted by atomic mass is 35.5. The number of hydrogen-bond acceptors (Lipinski definition) is 7. The Morgan fingerprint density at radius 2 is 2.06 bits per heavy atom. The predicted molar refractivity (Wildman–Crippen MR) is 117 cm³/mol. The lowest BCUT2D eigenvalue weighted by molar-refractivity contribution is -0.159. The number of esters is 2. The number of halogens is 1. The van der Waals surface area contributed by atoms with Crippen molar-refractivity contribution < 1.29 is 38.8 Å². The van der Waals surface area contributed by atoms with Crippen molar-refractivity contribution in [1.82, 2.24) is 0 Å². The molecule has 0 radical (unpaired) electrons. The Morgan fingerprint density at radius 1 is 1.34 bits per heavy atom. The second-order valence-electron chi connectivity index (χ2n) is 8.24. The van der Waals surface area contributed by atoms with Crippen LogP contribution in [0.4, 0.5) is 0 Å². The Balaban J connectivity index is 2.25. The van der Waals surface area contributed by atoms with Crippen LogP contribution >= 0.6 is 11.6 Å². The van der Waals surface area contributed by atoms with E-state index in [1.54, 1.807) is 13.8 Å². The molecule has 0 aromatic heterocycles. The van der Waals surface area contributed by atoms with Crippen molar-refractivity contribution >= 4 is 29.5 Å². The number of aliphatic hydroxyl groups is 1. The van der Waals surface area contributed by atoms with E-state index in [0.29, 0.717) is 41.9 Å². The summed E-state index contributed by atoms with van der Waals surface area (Å²) in [5, 5.41) is 20.3. The van der Waals surface area contributed by atoms with E-state index in [-0.39, 0.29) is 18.9 Å². The van der Waals surface area contributed by atoms with Crippen molar-refractivity contribution in [2.75, 3.05) is 0 Å². The Bertz CT molecular complexity index is 800. The molecule has 0 aromatic carbocycles. The van der Waals surface area contributed by atoms with Crippen LogP contribution in [0.1, 0.15) is 59.3 Å². The quantitative estimate of drug-likeness (QED) is 0.463. The molecule has 0 amide bonds. The first-order valence-electron chi connectivity index (χ1n) is 10.7. The number of aliphatic carboxylic acids is 1. The second-order valence-corrected chi connectivity index (χ2v) is 8.72. The second kappa shape index (κ2) is 12.2. The van der Waals surface area contributed by atoms with Crippen LogP contribution in [-0.2, 0) is 28.6 Å². The number of aliphatic hydroxyl groups excluding tert-OH is 1. The molecule has 9 heteroatoms. The Morgan fingerprint density at radius 3 is 2.72 bits per heavy atom. The van der Waals surface area contributed by atoms with Crippen LogP contribution in [0.25, 0.3) is 0 Å². The molecule has 2 heterocycles. The summed E-state index contributed by atoms with van der Waals surface area (Å²) in [4.78, 5) is 35.1. The average molecular weight is 471 g/mol. The number of carbonyl (C=O) groups is 3. The number of rotatable bonds is 5. The van der Waals surface area contributed by atoms with Gasteiger partial charge >= 0.3 is 17.9 Å². The maximum absolute atomic E-state index is 12.7. The molecule has 8 nitrogen and oxygen atoms in total. The van der Waals surface area contributed by atoms with Crippen molar-refractivity contribution in [3.05, 3.63) is 34.4 Å². The highest BCUT2D eigenvalue weighted by Gasteiger charge is 2.41. The van der Waals surface area contributed by atoms with Crippen molar-refractivity contribution in [3.8, 4) is 0 Å². The van der Waals surface area contributed by atoms with Crippen LogP contribution in [0.2, 0.25) is 0 Å².